The minimum atomic E-state index is -4.65. The molecule has 0 aromatic heterocycles. The van der Waals surface area contributed by atoms with Crippen LogP contribution >= 0.6 is 0 Å². The molecule has 0 saturated carbocycles. The van der Waals surface area contributed by atoms with Gasteiger partial charge in [0.15, 0.2) is 0 Å². The van der Waals surface area contributed by atoms with Gasteiger partial charge in [0.2, 0.25) is 16.1 Å². The van der Waals surface area contributed by atoms with E-state index in [0.717, 1.165) is 22.5 Å². The molecule has 7 nitrogen and oxygen atoms in total. The van der Waals surface area contributed by atoms with Gasteiger partial charge in [-0.05, 0) is 38.0 Å². The molecule has 0 unspecified atom stereocenters. The summed E-state index contributed by atoms with van der Waals surface area (Å²) in [7, 11) is -4.13. The lowest BCUT2D eigenvalue weighted by atomic mass is 9.98. The molecule has 0 amide bonds. The zero-order chi connectivity index (χ0) is 21.4. The summed E-state index contributed by atoms with van der Waals surface area (Å²) in [5.41, 5.74) is -1.05. The van der Waals surface area contributed by atoms with Gasteiger partial charge >= 0.3 is 18.1 Å². The van der Waals surface area contributed by atoms with Crippen molar-refractivity contribution in [3.63, 3.8) is 0 Å². The summed E-state index contributed by atoms with van der Waals surface area (Å²) in [5, 5.41) is 0. The second-order valence-corrected chi connectivity index (χ2v) is 9.05. The minimum Gasteiger partial charge on any atom is -0.460 e. The number of rotatable bonds is 4. The summed E-state index contributed by atoms with van der Waals surface area (Å²) in [5.74, 6) is -1.79. The van der Waals surface area contributed by atoms with Crippen LogP contribution in [-0.4, -0.2) is 50.0 Å². The summed E-state index contributed by atoms with van der Waals surface area (Å²) in [6.07, 6.45) is -5.37. The molecule has 3 rings (SSSR count). The second-order valence-electron chi connectivity index (χ2n) is 7.11. The first-order valence-electron chi connectivity index (χ1n) is 9.07. The molecule has 0 N–H and O–H groups in total. The highest BCUT2D eigenvalue weighted by atomic mass is 32.2. The van der Waals surface area contributed by atoms with Crippen molar-refractivity contribution in [2.24, 2.45) is 5.92 Å². The number of sulfonamides is 1. The Hall–Kier alpha value is -2.14. The van der Waals surface area contributed by atoms with Crippen LogP contribution in [-0.2, 0) is 35.3 Å². The van der Waals surface area contributed by atoms with Crippen molar-refractivity contribution < 1.29 is 40.7 Å². The number of benzene rings is 1. The first-order chi connectivity index (χ1) is 13.5. The highest BCUT2D eigenvalue weighted by Crippen LogP contribution is 2.32. The Morgan fingerprint density at radius 1 is 1.24 bits per heavy atom. The number of ether oxygens (including phenoxy) is 2. The zero-order valence-electron chi connectivity index (χ0n) is 15.5. The summed E-state index contributed by atoms with van der Waals surface area (Å²) >= 11 is 0. The van der Waals surface area contributed by atoms with Crippen molar-refractivity contribution in [2.45, 2.75) is 49.5 Å². The molecule has 2 saturated heterocycles. The number of carbonyl (C=O) groups is 2. The molecule has 11 heteroatoms. The molecule has 1 aromatic carbocycles. The molecule has 2 heterocycles. The van der Waals surface area contributed by atoms with Crippen molar-refractivity contribution in [1.29, 1.82) is 0 Å². The van der Waals surface area contributed by atoms with Crippen LogP contribution in [0.3, 0.4) is 0 Å². The highest BCUT2D eigenvalue weighted by Gasteiger charge is 2.39. The molecule has 0 aliphatic carbocycles. The van der Waals surface area contributed by atoms with Crippen LogP contribution in [0.1, 0.15) is 31.7 Å². The molecular formula is C18H20F3NO6S. The number of nitrogens with zero attached hydrogens (tertiary/aromatic N) is 1. The van der Waals surface area contributed by atoms with Crippen LogP contribution < -0.4 is 0 Å². The number of halogens is 3. The van der Waals surface area contributed by atoms with Crippen LogP contribution in [0.4, 0.5) is 13.2 Å². The van der Waals surface area contributed by atoms with Crippen molar-refractivity contribution >= 4 is 22.0 Å². The molecule has 2 fully saturated rings. The highest BCUT2D eigenvalue weighted by molar-refractivity contribution is 7.89. The Labute approximate surface area is 165 Å². The van der Waals surface area contributed by atoms with E-state index in [1.807, 2.05) is 0 Å². The number of piperidine rings is 1. The molecular weight excluding hydrogens is 415 g/mol. The van der Waals surface area contributed by atoms with Crippen LogP contribution in [0.2, 0.25) is 0 Å². The van der Waals surface area contributed by atoms with Crippen molar-refractivity contribution in [3.05, 3.63) is 29.8 Å². The van der Waals surface area contributed by atoms with Crippen molar-refractivity contribution in [2.75, 3.05) is 13.1 Å². The predicted octanol–water partition coefficient (Wildman–Crippen LogP) is 2.35. The van der Waals surface area contributed by atoms with Gasteiger partial charge in [-0.1, -0.05) is 6.07 Å². The predicted molar refractivity (Wildman–Crippen MR) is 93.0 cm³/mol. The number of hydrogen-bond acceptors (Lipinski definition) is 6. The quantitative estimate of drug-likeness (QED) is 0.675. The Balaban J connectivity index is 1.63. The van der Waals surface area contributed by atoms with Crippen molar-refractivity contribution in [1.82, 2.24) is 4.31 Å². The third kappa shape index (κ3) is 4.72. The van der Waals surface area contributed by atoms with E-state index in [0.29, 0.717) is 6.07 Å². The van der Waals surface area contributed by atoms with E-state index in [-0.39, 0.29) is 38.5 Å². The van der Waals surface area contributed by atoms with Gasteiger partial charge in [0.25, 0.3) is 0 Å². The monoisotopic (exact) mass is 435 g/mol. The lowest BCUT2D eigenvalue weighted by molar-refractivity contribution is -0.164. The number of hydrogen-bond donors (Lipinski definition) is 0. The van der Waals surface area contributed by atoms with Gasteiger partial charge in [0.1, 0.15) is 6.10 Å². The second kappa shape index (κ2) is 7.94. The van der Waals surface area contributed by atoms with Gasteiger partial charge in [0, 0.05) is 19.5 Å². The lowest BCUT2D eigenvalue weighted by Crippen LogP contribution is -2.41. The van der Waals surface area contributed by atoms with E-state index in [1.165, 1.54) is 0 Å². The maximum Gasteiger partial charge on any atom is 0.416 e. The van der Waals surface area contributed by atoms with E-state index in [4.69, 9.17) is 9.47 Å². The molecule has 2 aliphatic heterocycles. The molecule has 0 bridgehead atoms. The standard InChI is InChI=1S/C18H20F3NO6S/c1-11-9-15(17(24)27-11)28-16(23)12-5-7-22(8-6-12)29(25,26)14-4-2-3-13(10-14)18(19,20)21/h2-4,10-12,15H,5-9H2,1H3/t11-,15-/m0/s1. The summed E-state index contributed by atoms with van der Waals surface area (Å²) in [6, 6.07) is 3.55. The molecule has 2 atom stereocenters. The Bertz CT molecular complexity index is 893. The maximum absolute atomic E-state index is 12.9. The molecule has 0 radical (unpaired) electrons. The summed E-state index contributed by atoms with van der Waals surface area (Å²) < 4.78 is 75.1. The average Bonchev–Trinajstić information content (AvgIpc) is 2.98. The van der Waals surface area contributed by atoms with Gasteiger partial charge in [0.05, 0.1) is 16.4 Å². The fourth-order valence-electron chi connectivity index (χ4n) is 3.37. The molecule has 0 spiro atoms. The van der Waals surface area contributed by atoms with Gasteiger partial charge < -0.3 is 9.47 Å². The molecule has 29 heavy (non-hydrogen) atoms. The zero-order valence-corrected chi connectivity index (χ0v) is 16.3. The third-order valence-electron chi connectivity index (χ3n) is 4.97. The van der Waals surface area contributed by atoms with E-state index in [2.05, 4.69) is 0 Å². The first-order valence-corrected chi connectivity index (χ1v) is 10.5. The fourth-order valence-corrected chi connectivity index (χ4v) is 4.88. The maximum atomic E-state index is 12.9. The van der Waals surface area contributed by atoms with Crippen LogP contribution in [0.25, 0.3) is 0 Å². The van der Waals surface area contributed by atoms with Gasteiger partial charge in [-0.2, -0.15) is 17.5 Å². The normalized spacial score (nSPS) is 24.3. The minimum absolute atomic E-state index is 0.0378. The third-order valence-corrected chi connectivity index (χ3v) is 6.87. The number of carbonyl (C=O) groups excluding carboxylic acids is 2. The number of cyclic esters (lactones) is 1. The van der Waals surface area contributed by atoms with E-state index in [9.17, 15) is 31.2 Å². The van der Waals surface area contributed by atoms with Gasteiger partial charge in [-0.15, -0.1) is 0 Å². The smallest absolute Gasteiger partial charge is 0.416 e. The van der Waals surface area contributed by atoms with Crippen LogP contribution in [0.5, 0.6) is 0 Å². The van der Waals surface area contributed by atoms with Gasteiger partial charge in [-0.3, -0.25) is 4.79 Å². The van der Waals surface area contributed by atoms with E-state index in [1.54, 1.807) is 6.92 Å². The lowest BCUT2D eigenvalue weighted by Gasteiger charge is -2.30. The first kappa shape index (κ1) is 21.6. The number of esters is 2. The van der Waals surface area contributed by atoms with E-state index < -0.39 is 50.6 Å². The molecule has 1 aromatic rings. The van der Waals surface area contributed by atoms with Crippen LogP contribution in [0, 0.1) is 5.92 Å². The average molecular weight is 435 g/mol. The van der Waals surface area contributed by atoms with Crippen molar-refractivity contribution in [3.8, 4) is 0 Å². The van der Waals surface area contributed by atoms with Gasteiger partial charge in [-0.25, -0.2) is 13.2 Å². The fraction of sp³-hybridized carbons (Fsp3) is 0.556. The van der Waals surface area contributed by atoms with Crippen LogP contribution in [0.15, 0.2) is 29.2 Å². The summed E-state index contributed by atoms with van der Waals surface area (Å²) in [4.78, 5) is 23.4. The molecule has 2 aliphatic rings. The SMILES string of the molecule is C[C@H]1C[C@H](OC(=O)C2CCN(S(=O)(=O)c3cccc(C(F)(F)F)c3)CC2)C(=O)O1. The number of alkyl halides is 3. The Kier molecular flexibility index (Phi) is 5.91. The summed E-state index contributed by atoms with van der Waals surface area (Å²) in [6.45, 7) is 1.61. The topological polar surface area (TPSA) is 90.0 Å². The molecule has 160 valence electrons. The van der Waals surface area contributed by atoms with E-state index >= 15 is 0 Å². The Morgan fingerprint density at radius 3 is 2.45 bits per heavy atom. The Morgan fingerprint density at radius 2 is 1.90 bits per heavy atom. The largest absolute Gasteiger partial charge is 0.460 e.